The number of nitrogens with one attached hydrogen (secondary N) is 1. The third-order valence-corrected chi connectivity index (χ3v) is 6.86. The second-order valence-corrected chi connectivity index (χ2v) is 8.73. The maximum atomic E-state index is 13.4. The van der Waals surface area contributed by atoms with Gasteiger partial charge in [0, 0.05) is 18.2 Å². The SMILES string of the molecule is C[C@H](NC(=O)COc1cc(F)ccc1[N+](=O)[O-])C12CC3CC(CC(C3)C1)C2. The van der Waals surface area contributed by atoms with Crippen LogP contribution in [0.4, 0.5) is 10.1 Å². The van der Waals surface area contributed by atoms with Crippen molar-refractivity contribution in [1.82, 2.24) is 5.32 Å². The maximum Gasteiger partial charge on any atom is 0.311 e. The van der Waals surface area contributed by atoms with Gasteiger partial charge in [0.1, 0.15) is 5.82 Å². The minimum atomic E-state index is -0.648. The molecule has 0 radical (unpaired) electrons. The standard InChI is InChI=1S/C20H25FN2O4/c1-12(20-8-13-4-14(9-20)6-15(5-13)10-20)22-19(24)11-27-18-7-16(21)2-3-17(18)23(25)26/h2-3,7,12-15H,4-6,8-11H2,1H3,(H,22,24)/t12-,13?,14?,15?,20?/m0/s1. The normalized spacial score (nSPS) is 32.1. The molecule has 1 aromatic rings. The van der Waals surface area contributed by atoms with Crippen molar-refractivity contribution in [2.75, 3.05) is 6.61 Å². The Balaban J connectivity index is 1.38. The summed E-state index contributed by atoms with van der Waals surface area (Å²) in [5.41, 5.74) is -0.173. The Bertz CT molecular complexity index is 731. The van der Waals surface area contributed by atoms with E-state index < -0.39 is 10.7 Å². The van der Waals surface area contributed by atoms with E-state index in [9.17, 15) is 19.3 Å². The molecule has 0 aromatic heterocycles. The summed E-state index contributed by atoms with van der Waals surface area (Å²) in [7, 11) is 0. The summed E-state index contributed by atoms with van der Waals surface area (Å²) >= 11 is 0. The number of benzene rings is 1. The third kappa shape index (κ3) is 3.51. The lowest BCUT2D eigenvalue weighted by atomic mass is 9.48. The highest BCUT2D eigenvalue weighted by atomic mass is 19.1. The maximum absolute atomic E-state index is 13.4. The van der Waals surface area contributed by atoms with Gasteiger partial charge in [-0.2, -0.15) is 0 Å². The molecule has 4 aliphatic rings. The number of carbonyl (C=O) groups excluding carboxylic acids is 1. The summed E-state index contributed by atoms with van der Waals surface area (Å²) in [5, 5.41) is 14.1. The van der Waals surface area contributed by atoms with Crippen LogP contribution in [0.3, 0.4) is 0 Å². The summed E-state index contributed by atoms with van der Waals surface area (Å²) in [6.07, 6.45) is 7.55. The lowest BCUT2D eigenvalue weighted by Gasteiger charge is -2.59. The minimum Gasteiger partial charge on any atom is -0.477 e. The average Bonchev–Trinajstić information content (AvgIpc) is 2.58. The van der Waals surface area contributed by atoms with E-state index in [4.69, 9.17) is 4.74 Å². The number of carbonyl (C=O) groups is 1. The molecular weight excluding hydrogens is 351 g/mol. The first-order chi connectivity index (χ1) is 12.8. The zero-order valence-corrected chi connectivity index (χ0v) is 15.4. The van der Waals surface area contributed by atoms with Crippen molar-refractivity contribution in [2.24, 2.45) is 23.2 Å². The summed E-state index contributed by atoms with van der Waals surface area (Å²) < 4.78 is 18.6. The molecular formula is C20H25FN2O4. The van der Waals surface area contributed by atoms with E-state index in [-0.39, 0.29) is 35.4 Å². The van der Waals surface area contributed by atoms with Crippen LogP contribution in [-0.4, -0.2) is 23.5 Å². The number of rotatable bonds is 6. The van der Waals surface area contributed by atoms with Gasteiger partial charge < -0.3 is 10.1 Å². The molecule has 1 aromatic carbocycles. The molecule has 0 spiro atoms. The van der Waals surface area contributed by atoms with E-state index in [0.717, 1.165) is 36.0 Å². The Morgan fingerprint density at radius 3 is 2.44 bits per heavy atom. The molecule has 5 rings (SSSR count). The zero-order chi connectivity index (χ0) is 19.2. The first kappa shape index (κ1) is 18.2. The van der Waals surface area contributed by atoms with Gasteiger partial charge in [0.2, 0.25) is 5.75 Å². The Labute approximate surface area is 157 Å². The van der Waals surface area contributed by atoms with Crippen molar-refractivity contribution in [1.29, 1.82) is 0 Å². The molecule has 0 heterocycles. The smallest absolute Gasteiger partial charge is 0.311 e. The molecule has 4 bridgehead atoms. The number of nitro benzene ring substituents is 1. The molecule has 6 nitrogen and oxygen atoms in total. The Morgan fingerprint density at radius 2 is 1.89 bits per heavy atom. The molecule has 1 atom stereocenters. The van der Waals surface area contributed by atoms with Crippen molar-refractivity contribution >= 4 is 11.6 Å². The highest BCUT2D eigenvalue weighted by molar-refractivity contribution is 5.78. The van der Waals surface area contributed by atoms with E-state index in [1.807, 2.05) is 0 Å². The first-order valence-electron chi connectivity index (χ1n) is 9.71. The van der Waals surface area contributed by atoms with Crippen LogP contribution in [-0.2, 0) is 4.79 Å². The highest BCUT2D eigenvalue weighted by Gasteiger charge is 2.53. The zero-order valence-electron chi connectivity index (χ0n) is 15.4. The van der Waals surface area contributed by atoms with E-state index >= 15 is 0 Å². The number of ether oxygens (including phenoxy) is 1. The molecule has 146 valence electrons. The first-order valence-corrected chi connectivity index (χ1v) is 9.71. The molecule has 0 unspecified atom stereocenters. The van der Waals surface area contributed by atoms with Crippen LogP contribution in [0.5, 0.6) is 5.75 Å². The molecule has 7 heteroatoms. The van der Waals surface area contributed by atoms with Crippen molar-refractivity contribution in [3.63, 3.8) is 0 Å². The molecule has 0 aliphatic heterocycles. The Morgan fingerprint density at radius 1 is 1.30 bits per heavy atom. The minimum absolute atomic E-state index is 0.0458. The van der Waals surface area contributed by atoms with E-state index in [1.54, 1.807) is 0 Å². The molecule has 4 fully saturated rings. The fourth-order valence-corrected chi connectivity index (χ4v) is 6.04. The van der Waals surface area contributed by atoms with Crippen molar-refractivity contribution in [3.8, 4) is 5.75 Å². The van der Waals surface area contributed by atoms with Crippen LogP contribution in [0.15, 0.2) is 18.2 Å². The van der Waals surface area contributed by atoms with Gasteiger partial charge in [-0.3, -0.25) is 14.9 Å². The Hall–Kier alpha value is -2.18. The van der Waals surface area contributed by atoms with Crippen LogP contribution in [0.1, 0.15) is 45.4 Å². The average molecular weight is 376 g/mol. The van der Waals surface area contributed by atoms with Crippen molar-refractivity contribution in [2.45, 2.75) is 51.5 Å². The predicted octanol–water partition coefficient (Wildman–Crippen LogP) is 3.83. The summed E-state index contributed by atoms with van der Waals surface area (Å²) in [6, 6.07) is 3.03. The monoisotopic (exact) mass is 376 g/mol. The lowest BCUT2D eigenvalue weighted by molar-refractivity contribution is -0.385. The van der Waals surface area contributed by atoms with Gasteiger partial charge in [-0.15, -0.1) is 0 Å². The quantitative estimate of drug-likeness (QED) is 0.604. The van der Waals surface area contributed by atoms with Crippen LogP contribution >= 0.6 is 0 Å². The number of nitro groups is 1. The molecule has 1 N–H and O–H groups in total. The fraction of sp³-hybridized carbons (Fsp3) is 0.650. The molecule has 0 saturated heterocycles. The van der Waals surface area contributed by atoms with Crippen molar-refractivity contribution in [3.05, 3.63) is 34.1 Å². The molecule has 1 amide bonds. The van der Waals surface area contributed by atoms with Gasteiger partial charge in [0.25, 0.3) is 5.91 Å². The second-order valence-electron chi connectivity index (χ2n) is 8.73. The van der Waals surface area contributed by atoms with Gasteiger partial charge in [0.15, 0.2) is 6.61 Å². The second kappa shape index (κ2) is 6.77. The van der Waals surface area contributed by atoms with Gasteiger partial charge in [0.05, 0.1) is 4.92 Å². The number of hydrogen-bond acceptors (Lipinski definition) is 4. The molecule has 4 aliphatic carbocycles. The number of halogens is 1. The number of amides is 1. The van der Waals surface area contributed by atoms with Crippen molar-refractivity contribution < 1.29 is 18.8 Å². The molecule has 4 saturated carbocycles. The van der Waals surface area contributed by atoms with Gasteiger partial charge >= 0.3 is 5.69 Å². The van der Waals surface area contributed by atoms with Crippen LogP contribution in [0.2, 0.25) is 0 Å². The largest absolute Gasteiger partial charge is 0.477 e. The van der Waals surface area contributed by atoms with Gasteiger partial charge in [-0.1, -0.05) is 0 Å². The number of nitrogens with zero attached hydrogens (tertiary/aromatic N) is 1. The fourth-order valence-electron chi connectivity index (χ4n) is 6.04. The van der Waals surface area contributed by atoms with Crippen LogP contribution < -0.4 is 10.1 Å². The van der Waals surface area contributed by atoms with E-state index in [0.29, 0.717) is 0 Å². The molecule has 27 heavy (non-hydrogen) atoms. The topological polar surface area (TPSA) is 81.5 Å². The third-order valence-electron chi connectivity index (χ3n) is 6.86. The summed E-state index contributed by atoms with van der Waals surface area (Å²) in [6.45, 7) is 1.71. The van der Waals surface area contributed by atoms with E-state index in [1.165, 1.54) is 38.5 Å². The van der Waals surface area contributed by atoms with Gasteiger partial charge in [-0.05, 0) is 74.7 Å². The lowest BCUT2D eigenvalue weighted by Crippen LogP contribution is -2.56. The number of hydrogen-bond donors (Lipinski definition) is 1. The van der Waals surface area contributed by atoms with Crippen LogP contribution in [0.25, 0.3) is 0 Å². The van der Waals surface area contributed by atoms with E-state index in [2.05, 4.69) is 12.2 Å². The van der Waals surface area contributed by atoms with Crippen LogP contribution in [0, 0.1) is 39.1 Å². The van der Waals surface area contributed by atoms with Gasteiger partial charge in [-0.25, -0.2) is 4.39 Å². The predicted molar refractivity (Wildman–Crippen MR) is 96.8 cm³/mol. The summed E-state index contributed by atoms with van der Waals surface area (Å²) in [5.74, 6) is 1.19. The Kier molecular flexibility index (Phi) is 4.56. The highest BCUT2D eigenvalue weighted by Crippen LogP contribution is 2.61. The summed E-state index contributed by atoms with van der Waals surface area (Å²) in [4.78, 5) is 22.8.